The first-order valence-corrected chi connectivity index (χ1v) is 8.91. The largest absolute Gasteiger partial charge is 0.481 e. The number of aryl methyl sites for hydroxylation is 1. The number of carbonyl (C=O) groups excluding carboxylic acids is 1. The van der Waals surface area contributed by atoms with Crippen LogP contribution in [0.25, 0.3) is 0 Å². The van der Waals surface area contributed by atoms with Crippen LogP contribution in [0.2, 0.25) is 0 Å². The Labute approximate surface area is 153 Å². The van der Waals surface area contributed by atoms with Crippen LogP contribution >= 0.6 is 0 Å². The van der Waals surface area contributed by atoms with Crippen molar-refractivity contribution in [2.45, 2.75) is 32.6 Å². The molecule has 0 heterocycles. The van der Waals surface area contributed by atoms with E-state index in [1.807, 2.05) is 31.2 Å². The van der Waals surface area contributed by atoms with Gasteiger partial charge in [-0.1, -0.05) is 30.5 Å². The smallest absolute Gasteiger partial charge is 0.307 e. The molecule has 0 radical (unpaired) electrons. The van der Waals surface area contributed by atoms with Gasteiger partial charge < -0.3 is 15.2 Å². The molecule has 5 nitrogen and oxygen atoms in total. The summed E-state index contributed by atoms with van der Waals surface area (Å²) in [7, 11) is 0. The number of nitrogens with one attached hydrogen (secondary N) is 1. The van der Waals surface area contributed by atoms with Gasteiger partial charge in [0.15, 0.2) is 0 Å². The quantitative estimate of drug-likeness (QED) is 0.822. The van der Waals surface area contributed by atoms with Crippen molar-refractivity contribution in [3.8, 4) is 11.5 Å². The van der Waals surface area contributed by atoms with E-state index in [0.29, 0.717) is 24.3 Å². The van der Waals surface area contributed by atoms with Crippen molar-refractivity contribution in [2.24, 2.45) is 11.8 Å². The second kappa shape index (κ2) is 8.04. The van der Waals surface area contributed by atoms with Gasteiger partial charge in [-0.05, 0) is 56.2 Å². The average molecular weight is 353 g/mol. The predicted octanol–water partition coefficient (Wildman–Crippen LogP) is 4.62. The van der Waals surface area contributed by atoms with Crippen LogP contribution in [0.4, 0.5) is 5.69 Å². The van der Waals surface area contributed by atoms with Crippen LogP contribution < -0.4 is 10.1 Å². The van der Waals surface area contributed by atoms with E-state index in [1.54, 1.807) is 24.3 Å². The van der Waals surface area contributed by atoms with Crippen molar-refractivity contribution in [3.05, 3.63) is 54.1 Å². The summed E-state index contributed by atoms with van der Waals surface area (Å²) < 4.78 is 5.77. The molecule has 0 unspecified atom stereocenters. The molecule has 2 aromatic carbocycles. The first kappa shape index (κ1) is 18.0. The SMILES string of the molecule is Cc1ccc(Oc2ccc(NC(=O)[C@@H]3CCCC[C@@H]3C(=O)O)cc2)cc1. The Balaban J connectivity index is 1.62. The monoisotopic (exact) mass is 353 g/mol. The van der Waals surface area contributed by atoms with E-state index in [1.165, 1.54) is 0 Å². The van der Waals surface area contributed by atoms with Crippen molar-refractivity contribution < 1.29 is 19.4 Å². The molecule has 1 saturated carbocycles. The molecule has 0 saturated heterocycles. The minimum absolute atomic E-state index is 0.218. The molecule has 5 heteroatoms. The van der Waals surface area contributed by atoms with Gasteiger partial charge in [0.25, 0.3) is 0 Å². The average Bonchev–Trinajstić information content (AvgIpc) is 2.65. The molecule has 1 amide bonds. The number of rotatable bonds is 5. The fraction of sp³-hybridized carbons (Fsp3) is 0.333. The Morgan fingerprint density at radius 1 is 0.923 bits per heavy atom. The molecule has 26 heavy (non-hydrogen) atoms. The number of amides is 1. The number of benzene rings is 2. The van der Waals surface area contributed by atoms with Crippen molar-refractivity contribution in [1.29, 1.82) is 0 Å². The highest BCUT2D eigenvalue weighted by atomic mass is 16.5. The van der Waals surface area contributed by atoms with Gasteiger partial charge in [-0.25, -0.2) is 0 Å². The second-order valence-corrected chi connectivity index (χ2v) is 6.76. The number of carboxylic acid groups (broad SMARTS) is 1. The van der Waals surface area contributed by atoms with E-state index in [-0.39, 0.29) is 5.91 Å². The zero-order chi connectivity index (χ0) is 18.5. The van der Waals surface area contributed by atoms with Gasteiger partial charge in [-0.3, -0.25) is 9.59 Å². The minimum atomic E-state index is -0.883. The van der Waals surface area contributed by atoms with Gasteiger partial charge in [0, 0.05) is 5.69 Å². The third-order valence-electron chi connectivity index (χ3n) is 4.80. The first-order chi connectivity index (χ1) is 12.5. The number of aliphatic carboxylic acids is 1. The van der Waals surface area contributed by atoms with E-state index in [4.69, 9.17) is 4.74 Å². The minimum Gasteiger partial charge on any atom is -0.481 e. The Hall–Kier alpha value is -2.82. The van der Waals surface area contributed by atoms with E-state index in [9.17, 15) is 14.7 Å². The number of carboxylic acids is 1. The zero-order valence-electron chi connectivity index (χ0n) is 14.8. The molecule has 2 aromatic rings. The summed E-state index contributed by atoms with van der Waals surface area (Å²) in [6, 6.07) is 14.9. The van der Waals surface area contributed by atoms with Gasteiger partial charge in [0.1, 0.15) is 11.5 Å². The molecular formula is C21H23NO4. The van der Waals surface area contributed by atoms with Crippen LogP contribution in [0.1, 0.15) is 31.2 Å². The van der Waals surface area contributed by atoms with E-state index < -0.39 is 17.8 Å². The predicted molar refractivity (Wildman–Crippen MR) is 99.4 cm³/mol. The standard InChI is InChI=1S/C21H23NO4/c1-14-6-10-16(11-7-14)26-17-12-8-15(9-13-17)22-20(23)18-4-2-3-5-19(18)21(24)25/h6-13,18-19H,2-5H2,1H3,(H,22,23)(H,24,25)/t18-,19+/m1/s1. The summed E-state index contributed by atoms with van der Waals surface area (Å²) in [6.07, 6.45) is 2.95. The number of hydrogen-bond acceptors (Lipinski definition) is 3. The molecule has 1 fully saturated rings. The maximum atomic E-state index is 12.5. The highest BCUT2D eigenvalue weighted by Gasteiger charge is 2.35. The summed E-state index contributed by atoms with van der Waals surface area (Å²) in [6.45, 7) is 2.02. The lowest BCUT2D eigenvalue weighted by molar-refractivity contribution is -0.147. The van der Waals surface area contributed by atoms with Gasteiger partial charge >= 0.3 is 5.97 Å². The Bertz CT molecular complexity index is 768. The van der Waals surface area contributed by atoms with Crippen LogP contribution in [0.15, 0.2) is 48.5 Å². The lowest BCUT2D eigenvalue weighted by Crippen LogP contribution is -2.36. The summed E-state index contributed by atoms with van der Waals surface area (Å²) in [4.78, 5) is 23.8. The van der Waals surface area contributed by atoms with Crippen LogP contribution in [0.3, 0.4) is 0 Å². The third kappa shape index (κ3) is 4.42. The molecule has 1 aliphatic carbocycles. The molecule has 136 valence electrons. The van der Waals surface area contributed by atoms with Crippen LogP contribution in [-0.4, -0.2) is 17.0 Å². The first-order valence-electron chi connectivity index (χ1n) is 8.91. The topological polar surface area (TPSA) is 75.6 Å². The fourth-order valence-electron chi connectivity index (χ4n) is 3.32. The number of ether oxygens (including phenoxy) is 1. The Morgan fingerprint density at radius 2 is 1.46 bits per heavy atom. The molecule has 1 aliphatic rings. The molecular weight excluding hydrogens is 330 g/mol. The van der Waals surface area contributed by atoms with Crippen LogP contribution in [-0.2, 0) is 9.59 Å². The number of hydrogen-bond donors (Lipinski definition) is 2. The molecule has 2 N–H and O–H groups in total. The lowest BCUT2D eigenvalue weighted by atomic mass is 9.78. The van der Waals surface area contributed by atoms with Crippen molar-refractivity contribution >= 4 is 17.6 Å². The highest BCUT2D eigenvalue weighted by Crippen LogP contribution is 2.31. The van der Waals surface area contributed by atoms with Crippen molar-refractivity contribution in [3.63, 3.8) is 0 Å². The highest BCUT2D eigenvalue weighted by molar-refractivity contribution is 5.95. The summed E-state index contributed by atoms with van der Waals surface area (Å²) in [5.41, 5.74) is 1.80. The maximum Gasteiger partial charge on any atom is 0.307 e. The van der Waals surface area contributed by atoms with Crippen molar-refractivity contribution in [2.75, 3.05) is 5.32 Å². The maximum absolute atomic E-state index is 12.5. The van der Waals surface area contributed by atoms with E-state index in [2.05, 4.69) is 5.32 Å². The Kier molecular flexibility index (Phi) is 5.56. The van der Waals surface area contributed by atoms with Crippen molar-refractivity contribution in [1.82, 2.24) is 0 Å². The fourth-order valence-corrected chi connectivity index (χ4v) is 3.32. The van der Waals surface area contributed by atoms with E-state index in [0.717, 1.165) is 24.2 Å². The van der Waals surface area contributed by atoms with Crippen LogP contribution in [0, 0.1) is 18.8 Å². The lowest BCUT2D eigenvalue weighted by Gasteiger charge is -2.27. The normalized spacial score (nSPS) is 19.6. The van der Waals surface area contributed by atoms with Crippen LogP contribution in [0.5, 0.6) is 11.5 Å². The molecule has 0 bridgehead atoms. The summed E-state index contributed by atoms with van der Waals surface area (Å²) >= 11 is 0. The van der Waals surface area contributed by atoms with Gasteiger partial charge in [-0.2, -0.15) is 0 Å². The molecule has 0 aromatic heterocycles. The Morgan fingerprint density at radius 3 is 2.04 bits per heavy atom. The third-order valence-corrected chi connectivity index (χ3v) is 4.80. The van der Waals surface area contributed by atoms with Gasteiger partial charge in [0.2, 0.25) is 5.91 Å². The number of carbonyl (C=O) groups is 2. The van der Waals surface area contributed by atoms with E-state index >= 15 is 0 Å². The number of anilines is 1. The molecule has 2 atom stereocenters. The molecule has 0 spiro atoms. The van der Waals surface area contributed by atoms with Gasteiger partial charge in [-0.15, -0.1) is 0 Å². The summed E-state index contributed by atoms with van der Waals surface area (Å²) in [5.74, 6) is -0.736. The second-order valence-electron chi connectivity index (χ2n) is 6.76. The molecule has 3 rings (SSSR count). The molecule has 0 aliphatic heterocycles. The zero-order valence-corrected chi connectivity index (χ0v) is 14.8. The van der Waals surface area contributed by atoms with Gasteiger partial charge in [0.05, 0.1) is 11.8 Å². The summed E-state index contributed by atoms with van der Waals surface area (Å²) in [5, 5.41) is 12.2.